The molecule has 0 unspecified atom stereocenters. The van der Waals surface area contributed by atoms with Crippen LogP contribution in [0.3, 0.4) is 0 Å². The van der Waals surface area contributed by atoms with Gasteiger partial charge in [0.2, 0.25) is 0 Å². The fourth-order valence-electron chi connectivity index (χ4n) is 0.557. The Morgan fingerprint density at radius 3 is 1.92 bits per heavy atom. The third kappa shape index (κ3) is 2.86. The molecule has 0 atom stereocenters. The molecule has 0 fully saturated rings. The van der Waals surface area contributed by atoms with Crippen LogP contribution in [0.1, 0.15) is 0 Å². The van der Waals surface area contributed by atoms with Crippen molar-refractivity contribution in [1.82, 2.24) is 0 Å². The zero-order valence-corrected chi connectivity index (χ0v) is 8.95. The zero-order valence-electron chi connectivity index (χ0n) is 5.04. The van der Waals surface area contributed by atoms with Crippen molar-refractivity contribution in [3.63, 3.8) is 0 Å². The van der Waals surface area contributed by atoms with Crippen LogP contribution in [0.15, 0.2) is 11.0 Å². The molecule has 0 aliphatic heterocycles. The summed E-state index contributed by atoms with van der Waals surface area (Å²) in [6.45, 7) is 0. The van der Waals surface area contributed by atoms with E-state index in [0.29, 0.717) is 14.9 Å². The summed E-state index contributed by atoms with van der Waals surface area (Å²) in [6.07, 6.45) is 0. The first-order chi connectivity index (χ1) is 5.04. The molecule has 0 aliphatic rings. The van der Waals surface area contributed by atoms with Crippen molar-refractivity contribution >= 4 is 88.6 Å². The van der Waals surface area contributed by atoms with Gasteiger partial charge in [0.25, 0.3) is 0 Å². The van der Waals surface area contributed by atoms with Gasteiger partial charge >= 0.3 is 29.6 Å². The average molecular weight is 272 g/mol. The van der Waals surface area contributed by atoms with E-state index in [-0.39, 0.29) is 39.6 Å². The Morgan fingerprint density at radius 2 is 1.42 bits per heavy atom. The molecule has 62 valence electrons. The van der Waals surface area contributed by atoms with Gasteiger partial charge in [-0.2, -0.15) is 0 Å². The molecule has 0 amide bonds. The number of hydrogen-bond donors (Lipinski definition) is 1. The number of hydrogen-bond acceptors (Lipinski definition) is 1. The second-order valence-corrected chi connectivity index (χ2v) is 3.83. The van der Waals surface area contributed by atoms with Gasteiger partial charge < -0.3 is 0 Å². The second-order valence-electron chi connectivity index (χ2n) is 1.82. The van der Waals surface area contributed by atoms with Crippen molar-refractivity contribution in [2.45, 2.75) is 4.90 Å². The van der Waals surface area contributed by atoms with Crippen LogP contribution in [-0.4, -0.2) is 29.6 Å². The molecule has 0 spiro atoms. The van der Waals surface area contributed by atoms with E-state index in [0.717, 1.165) is 0 Å². The molecular formula is C6H3Cl4NaS. The SMILES string of the molecule is Sc1c(Cl)cc(Cl)c(Cl)c1Cl.[NaH]. The first-order valence-electron chi connectivity index (χ1n) is 2.56. The van der Waals surface area contributed by atoms with Crippen LogP contribution in [0.2, 0.25) is 20.1 Å². The summed E-state index contributed by atoms with van der Waals surface area (Å²) in [5.41, 5.74) is 0. The summed E-state index contributed by atoms with van der Waals surface area (Å²) < 4.78 is 0. The fraction of sp³-hybridized carbons (Fsp3) is 0. The average Bonchev–Trinajstić information content (AvgIpc) is 1.97. The molecule has 1 rings (SSSR count). The molecule has 0 bridgehead atoms. The number of rotatable bonds is 0. The molecular weight excluding hydrogens is 269 g/mol. The van der Waals surface area contributed by atoms with Crippen LogP contribution >= 0.6 is 59.0 Å². The predicted octanol–water partition coefficient (Wildman–Crippen LogP) is 3.94. The molecule has 0 radical (unpaired) electrons. The molecule has 0 aliphatic carbocycles. The molecule has 1 aromatic carbocycles. The zero-order chi connectivity index (χ0) is 8.59. The molecule has 0 saturated carbocycles. The Kier molecular flexibility index (Phi) is 6.38. The first kappa shape index (κ1) is 13.7. The number of benzene rings is 1. The maximum absolute atomic E-state index is 5.71. The number of thiol groups is 1. The topological polar surface area (TPSA) is 0 Å². The van der Waals surface area contributed by atoms with Gasteiger partial charge in [0.15, 0.2) is 0 Å². The second kappa shape index (κ2) is 5.57. The van der Waals surface area contributed by atoms with E-state index in [4.69, 9.17) is 46.4 Å². The van der Waals surface area contributed by atoms with E-state index in [1.54, 1.807) is 0 Å². The number of halogens is 4. The summed E-state index contributed by atoms with van der Waals surface area (Å²) in [7, 11) is 0. The van der Waals surface area contributed by atoms with Crippen molar-refractivity contribution in [1.29, 1.82) is 0 Å². The fourth-order valence-corrected chi connectivity index (χ4v) is 1.71. The molecule has 0 nitrogen and oxygen atoms in total. The van der Waals surface area contributed by atoms with E-state index < -0.39 is 0 Å². The van der Waals surface area contributed by atoms with Crippen LogP contribution in [0.4, 0.5) is 0 Å². The first-order valence-corrected chi connectivity index (χ1v) is 4.52. The quantitative estimate of drug-likeness (QED) is 0.314. The van der Waals surface area contributed by atoms with Gasteiger partial charge in [-0.15, -0.1) is 12.6 Å². The Bertz CT molecular complexity index is 276. The van der Waals surface area contributed by atoms with Gasteiger partial charge in [-0.05, 0) is 6.07 Å². The van der Waals surface area contributed by atoms with Crippen LogP contribution in [0, 0.1) is 0 Å². The van der Waals surface area contributed by atoms with Crippen molar-refractivity contribution < 1.29 is 0 Å². The molecule has 0 saturated heterocycles. The van der Waals surface area contributed by atoms with Crippen LogP contribution in [0.5, 0.6) is 0 Å². The van der Waals surface area contributed by atoms with Crippen molar-refractivity contribution in [3.8, 4) is 0 Å². The van der Waals surface area contributed by atoms with E-state index in [2.05, 4.69) is 12.6 Å². The van der Waals surface area contributed by atoms with Gasteiger partial charge in [-0.1, -0.05) is 46.4 Å². The standard InChI is InChI=1S/C6H2Cl4S.Na.H/c7-2-1-3(8)6(11)5(10)4(2)9;;/h1,11H;;. The van der Waals surface area contributed by atoms with Gasteiger partial charge in [-0.25, -0.2) is 0 Å². The van der Waals surface area contributed by atoms with E-state index in [1.165, 1.54) is 6.07 Å². The van der Waals surface area contributed by atoms with Crippen LogP contribution in [0.25, 0.3) is 0 Å². The van der Waals surface area contributed by atoms with E-state index in [1.807, 2.05) is 0 Å². The van der Waals surface area contributed by atoms with Crippen molar-refractivity contribution in [2.24, 2.45) is 0 Å². The molecule has 1 aromatic rings. The summed E-state index contributed by atoms with van der Waals surface area (Å²) in [4.78, 5) is 0.447. The molecule has 0 N–H and O–H groups in total. The van der Waals surface area contributed by atoms with Gasteiger partial charge in [0, 0.05) is 4.90 Å². The Labute approximate surface area is 118 Å². The summed E-state index contributed by atoms with van der Waals surface area (Å²) >= 11 is 26.8. The summed E-state index contributed by atoms with van der Waals surface area (Å²) in [5.74, 6) is 0. The molecule has 0 heterocycles. The minimum absolute atomic E-state index is 0. The molecule has 0 aromatic heterocycles. The predicted molar refractivity (Wildman–Crippen MR) is 60.9 cm³/mol. The van der Waals surface area contributed by atoms with Gasteiger partial charge in [-0.3, -0.25) is 0 Å². The van der Waals surface area contributed by atoms with Crippen molar-refractivity contribution in [3.05, 3.63) is 26.2 Å². The van der Waals surface area contributed by atoms with Crippen molar-refractivity contribution in [2.75, 3.05) is 0 Å². The van der Waals surface area contributed by atoms with Crippen LogP contribution < -0.4 is 0 Å². The molecule has 6 heteroatoms. The summed E-state index contributed by atoms with van der Waals surface area (Å²) in [5, 5.41) is 1.29. The normalized spacial score (nSPS) is 9.42. The minimum atomic E-state index is 0. The third-order valence-corrected chi connectivity index (χ3v) is 3.38. The van der Waals surface area contributed by atoms with Crippen LogP contribution in [-0.2, 0) is 0 Å². The van der Waals surface area contributed by atoms with Gasteiger partial charge in [0.1, 0.15) is 0 Å². The van der Waals surface area contributed by atoms with Gasteiger partial charge in [0.05, 0.1) is 20.1 Å². The molecule has 12 heavy (non-hydrogen) atoms. The Hall–Kier alpha value is 1.73. The third-order valence-electron chi connectivity index (χ3n) is 1.09. The summed E-state index contributed by atoms with van der Waals surface area (Å²) in [6, 6.07) is 1.50. The Balaban J connectivity index is 0.00000121. The Morgan fingerprint density at radius 1 is 0.917 bits per heavy atom. The maximum atomic E-state index is 5.71. The van der Waals surface area contributed by atoms with E-state index >= 15 is 0 Å². The monoisotopic (exact) mass is 270 g/mol. The van der Waals surface area contributed by atoms with E-state index in [9.17, 15) is 0 Å².